The van der Waals surface area contributed by atoms with Crippen LogP contribution >= 0.6 is 0 Å². The quantitative estimate of drug-likeness (QED) is 0.0878. The summed E-state index contributed by atoms with van der Waals surface area (Å²) in [6.07, 6.45) is 6.44. The fourth-order valence-corrected chi connectivity index (χ4v) is 4.03. The van der Waals surface area contributed by atoms with Gasteiger partial charge in [-0.15, -0.1) is 20.4 Å². The van der Waals surface area contributed by atoms with Gasteiger partial charge in [-0.2, -0.15) is 20.6 Å². The normalized spacial score (nSPS) is 11.2. The van der Waals surface area contributed by atoms with Crippen molar-refractivity contribution in [2.45, 2.75) is 164 Å². The molecule has 0 fully saturated rings. The Balaban J connectivity index is 0.000000401. The highest BCUT2D eigenvalue weighted by molar-refractivity contribution is 5.01. The third-order valence-corrected chi connectivity index (χ3v) is 8.08. The van der Waals surface area contributed by atoms with E-state index in [4.69, 9.17) is 0 Å². The molecule has 70 heavy (non-hydrogen) atoms. The summed E-state index contributed by atoms with van der Waals surface area (Å²) in [7, 11) is 0. The van der Waals surface area contributed by atoms with Crippen molar-refractivity contribution < 1.29 is 9.05 Å². The van der Waals surface area contributed by atoms with Crippen LogP contribution in [0.4, 0.5) is 0 Å². The molecule has 0 amide bonds. The van der Waals surface area contributed by atoms with Crippen molar-refractivity contribution in [3.8, 4) is 0 Å². The fraction of sp³-hybridized carbons (Fsp3) is 0.556. The number of nitrogens with one attached hydrogen (secondary N) is 7. The summed E-state index contributed by atoms with van der Waals surface area (Å²) in [4.78, 5) is 50.6. The highest BCUT2D eigenvalue weighted by Crippen LogP contribution is 2.18. The van der Waals surface area contributed by atoms with Gasteiger partial charge in [0.25, 0.3) is 0 Å². The predicted octanol–water partition coefficient (Wildman–Crippen LogP) is 6.28. The van der Waals surface area contributed by atoms with Crippen LogP contribution < -0.4 is 17.1 Å². The van der Waals surface area contributed by atoms with Crippen molar-refractivity contribution in [2.75, 3.05) is 0 Å². The Hall–Kier alpha value is -7.60. The molecule has 25 heteroatoms. The zero-order chi connectivity index (χ0) is 53.4. The maximum Gasteiger partial charge on any atom is 0.438 e. The van der Waals surface area contributed by atoms with Crippen molar-refractivity contribution in [1.82, 2.24) is 102 Å². The molecule has 0 spiro atoms. The lowest BCUT2D eigenvalue weighted by atomic mass is 9.96. The SMILES string of the molecule is CC(C)(C)c1ncn[nH]1.CC(C)(C)c1ncn[nH]1.CC(C)(C)c1nn[nH]n1.CC(C)(C)c1nn[nH]n1.CC(C)(C)c1noc(=O)[nH]1.CC(C)(C)c1noc(=O)[nH]1.Cc1ccccn1.O=c1cccc[nH]1. The van der Waals surface area contributed by atoms with E-state index in [1.807, 2.05) is 108 Å². The Labute approximate surface area is 407 Å². The first-order valence-corrected chi connectivity index (χ1v) is 22.0. The minimum absolute atomic E-state index is 0.00694. The molecule has 0 aliphatic rings. The molecule has 0 aliphatic carbocycles. The van der Waals surface area contributed by atoms with Gasteiger partial charge in [0, 0.05) is 56.6 Å². The number of aryl methyl sites for hydroxylation is 1. The Morgan fingerprint density at radius 1 is 0.471 bits per heavy atom. The smallest absolute Gasteiger partial charge is 0.329 e. The zero-order valence-electron chi connectivity index (χ0n) is 44.1. The third-order valence-electron chi connectivity index (χ3n) is 8.08. The van der Waals surface area contributed by atoms with Crippen molar-refractivity contribution >= 4 is 0 Å². The number of pyridine rings is 2. The summed E-state index contributed by atoms with van der Waals surface area (Å²) < 4.78 is 8.66. The van der Waals surface area contributed by atoms with Gasteiger partial charge < -0.3 is 4.98 Å². The monoisotopic (exact) mass is 975 g/mol. The van der Waals surface area contributed by atoms with E-state index in [2.05, 4.69) is 152 Å². The van der Waals surface area contributed by atoms with E-state index in [1.54, 1.807) is 24.5 Å². The van der Waals surface area contributed by atoms with Gasteiger partial charge in [0.1, 0.15) is 24.3 Å². The predicted molar refractivity (Wildman–Crippen MR) is 264 cm³/mol. The number of hydrogen-bond acceptors (Lipinski definition) is 18. The molecular weight excluding hydrogens is 901 g/mol. The van der Waals surface area contributed by atoms with E-state index in [9.17, 15) is 14.4 Å². The van der Waals surface area contributed by atoms with Gasteiger partial charge in [-0.25, -0.2) is 19.6 Å². The molecule has 0 bridgehead atoms. The minimum atomic E-state index is -0.495. The lowest BCUT2D eigenvalue weighted by Gasteiger charge is -2.12. The molecule has 8 aromatic rings. The molecule has 384 valence electrons. The topological polar surface area (TPSA) is 356 Å². The van der Waals surface area contributed by atoms with Crippen LogP contribution in [0.2, 0.25) is 0 Å². The lowest BCUT2D eigenvalue weighted by molar-refractivity contribution is 0.369. The number of hydrogen-bond donors (Lipinski definition) is 7. The molecule has 8 heterocycles. The van der Waals surface area contributed by atoms with Gasteiger partial charge in [0.15, 0.2) is 23.3 Å². The first-order valence-electron chi connectivity index (χ1n) is 22.0. The summed E-state index contributed by atoms with van der Waals surface area (Å²) in [5.41, 5.74) is 0.927. The van der Waals surface area contributed by atoms with Crippen LogP contribution in [0.5, 0.6) is 0 Å². The van der Waals surface area contributed by atoms with E-state index in [0.29, 0.717) is 11.6 Å². The van der Waals surface area contributed by atoms with Crippen molar-refractivity contribution in [2.24, 2.45) is 0 Å². The Morgan fingerprint density at radius 3 is 1.01 bits per heavy atom. The Kier molecular flexibility index (Phi) is 23.7. The minimum Gasteiger partial charge on any atom is -0.329 e. The van der Waals surface area contributed by atoms with Gasteiger partial charge in [-0.05, 0) is 25.1 Å². The van der Waals surface area contributed by atoms with Crippen LogP contribution in [0, 0.1) is 6.92 Å². The number of nitrogens with zero attached hydrogens (tertiary/aromatic N) is 13. The highest BCUT2D eigenvalue weighted by atomic mass is 16.5. The number of aromatic nitrogens is 20. The Morgan fingerprint density at radius 2 is 0.871 bits per heavy atom. The average molecular weight is 975 g/mol. The summed E-state index contributed by atoms with van der Waals surface area (Å²) in [5.74, 6) is 3.54. The summed E-state index contributed by atoms with van der Waals surface area (Å²) in [6.45, 7) is 38.4. The van der Waals surface area contributed by atoms with Crippen LogP contribution in [-0.2, 0) is 32.5 Å². The largest absolute Gasteiger partial charge is 0.438 e. The second kappa shape index (κ2) is 27.4. The molecule has 0 unspecified atom stereocenters. The number of aromatic amines is 7. The molecule has 8 aromatic heterocycles. The first-order chi connectivity index (χ1) is 32.2. The summed E-state index contributed by atoms with van der Waals surface area (Å²) >= 11 is 0. The number of rotatable bonds is 0. The second-order valence-corrected chi connectivity index (χ2v) is 21.2. The summed E-state index contributed by atoms with van der Waals surface area (Å²) in [5, 5.41) is 47.3. The van der Waals surface area contributed by atoms with E-state index in [-0.39, 0.29) is 38.0 Å². The average Bonchev–Trinajstić information content (AvgIpc) is 4.10. The number of tetrazole rings is 2. The molecule has 8 rings (SSSR count). The van der Waals surface area contributed by atoms with Crippen LogP contribution in [-0.4, -0.2) is 102 Å². The molecule has 7 N–H and O–H groups in total. The Bertz CT molecular complexity index is 2420. The lowest BCUT2D eigenvalue weighted by Crippen LogP contribution is -2.14. The van der Waals surface area contributed by atoms with Gasteiger partial charge >= 0.3 is 11.5 Å². The molecule has 0 saturated carbocycles. The summed E-state index contributed by atoms with van der Waals surface area (Å²) in [6, 6.07) is 10.8. The molecule has 0 atom stereocenters. The number of H-pyrrole nitrogens is 7. The van der Waals surface area contributed by atoms with E-state index in [1.165, 1.54) is 18.7 Å². The molecule has 0 aliphatic heterocycles. The van der Waals surface area contributed by atoms with Gasteiger partial charge in [-0.3, -0.25) is 39.0 Å². The maximum atomic E-state index is 10.5. The van der Waals surface area contributed by atoms with E-state index in [0.717, 1.165) is 29.0 Å². The van der Waals surface area contributed by atoms with Crippen molar-refractivity contribution in [1.29, 1.82) is 0 Å². The van der Waals surface area contributed by atoms with Crippen molar-refractivity contribution in [3.05, 3.63) is 134 Å². The maximum absolute atomic E-state index is 10.5. The van der Waals surface area contributed by atoms with Gasteiger partial charge in [0.2, 0.25) is 5.56 Å². The van der Waals surface area contributed by atoms with Crippen LogP contribution in [0.15, 0.2) is 84.9 Å². The van der Waals surface area contributed by atoms with Gasteiger partial charge in [-0.1, -0.05) is 158 Å². The molecular formula is C45H74N20O5. The van der Waals surface area contributed by atoms with E-state index >= 15 is 0 Å². The first kappa shape index (κ1) is 60.4. The molecule has 0 aromatic carbocycles. The van der Waals surface area contributed by atoms with Crippen molar-refractivity contribution in [3.63, 3.8) is 0 Å². The molecule has 0 saturated heterocycles. The standard InChI is InChI=1S/2C6H11N3.2C6H10N2O2.C6H7N.2C5H10N4.C5H5NO/c2*1-6(2,3)5-7-4-8-9-5;2*1-6(2,3)4-7-5(9)10-8-4;1-6-4-2-3-5-7-6;2*1-5(2,3)4-6-8-9-7-4;7-5-3-1-2-4-6-5/h2*4H,1-3H3,(H,7,8,9);2*1-3H3,(H,7,8,9);2-5H,1H3;2*1-3H3,(H,6,7,8,9);1-4H,(H,6,7). The highest BCUT2D eigenvalue weighted by Gasteiger charge is 2.21. The molecule has 0 radical (unpaired) electrons. The molecule has 25 nitrogen and oxygen atoms in total. The van der Waals surface area contributed by atoms with Crippen LogP contribution in [0.25, 0.3) is 0 Å². The third kappa shape index (κ3) is 26.1. The second-order valence-electron chi connectivity index (χ2n) is 21.2. The fourth-order valence-electron chi connectivity index (χ4n) is 4.03. The van der Waals surface area contributed by atoms with Crippen LogP contribution in [0.1, 0.15) is 165 Å². The zero-order valence-corrected chi connectivity index (χ0v) is 44.1. The van der Waals surface area contributed by atoms with Crippen LogP contribution in [0.3, 0.4) is 0 Å². The van der Waals surface area contributed by atoms with E-state index < -0.39 is 11.5 Å². The van der Waals surface area contributed by atoms with Gasteiger partial charge in [0.05, 0.1) is 0 Å².